The molecule has 30 heavy (non-hydrogen) atoms. The average Bonchev–Trinajstić information content (AvgIpc) is 2.73. The second-order valence-corrected chi connectivity index (χ2v) is 8.18. The lowest BCUT2D eigenvalue weighted by molar-refractivity contribution is -0.107. The first-order valence-electron chi connectivity index (χ1n) is 9.97. The van der Waals surface area contributed by atoms with Crippen molar-refractivity contribution in [2.24, 2.45) is 0 Å². The van der Waals surface area contributed by atoms with Crippen molar-refractivity contribution in [3.63, 3.8) is 0 Å². The van der Waals surface area contributed by atoms with Crippen molar-refractivity contribution < 1.29 is 19.7 Å². The highest BCUT2D eigenvalue weighted by atomic mass is 35.5. The van der Waals surface area contributed by atoms with E-state index in [1.165, 1.54) is 0 Å². The van der Waals surface area contributed by atoms with Crippen molar-refractivity contribution in [2.45, 2.75) is 31.6 Å². The number of amides is 1. The summed E-state index contributed by atoms with van der Waals surface area (Å²) in [6, 6.07) is 17.1. The Bertz CT molecular complexity index is 1060. The van der Waals surface area contributed by atoms with E-state index in [1.54, 1.807) is 6.07 Å². The summed E-state index contributed by atoms with van der Waals surface area (Å²) in [6.07, 6.45) is -1.11. The topological polar surface area (TPSA) is 78.8 Å². The summed E-state index contributed by atoms with van der Waals surface area (Å²) < 4.78 is 5.32. The number of carbonyl (C=O) groups is 1. The number of carbonyl (C=O) groups excluding carboxylic acids is 1. The van der Waals surface area contributed by atoms with Crippen LogP contribution in [0.4, 0.5) is 0 Å². The Morgan fingerprint density at radius 1 is 1.10 bits per heavy atom. The number of aryl methyl sites for hydroxylation is 1. The Hall–Kier alpha value is -2.44. The van der Waals surface area contributed by atoms with Crippen LogP contribution in [0.2, 0.25) is 5.02 Å². The van der Waals surface area contributed by atoms with Crippen LogP contribution in [0.15, 0.2) is 54.6 Å². The third kappa shape index (κ3) is 4.35. The van der Waals surface area contributed by atoms with E-state index >= 15 is 0 Å². The number of rotatable bonds is 4. The van der Waals surface area contributed by atoms with Crippen molar-refractivity contribution in [1.29, 1.82) is 0 Å². The zero-order chi connectivity index (χ0) is 21.3. The predicted octanol–water partition coefficient (Wildman–Crippen LogP) is 3.71. The fourth-order valence-electron chi connectivity index (χ4n) is 3.91. The first kappa shape index (κ1) is 20.8. The fourth-order valence-corrected chi connectivity index (χ4v) is 4.20. The number of benzene rings is 3. The molecule has 5 nitrogen and oxygen atoms in total. The van der Waals surface area contributed by atoms with Crippen LogP contribution in [0.1, 0.15) is 22.3 Å². The molecular formula is C24H24ClNO4. The molecule has 156 valence electrons. The van der Waals surface area contributed by atoms with Gasteiger partial charge in [0.05, 0.1) is 12.6 Å². The highest BCUT2D eigenvalue weighted by Gasteiger charge is 2.33. The van der Waals surface area contributed by atoms with E-state index in [0.29, 0.717) is 23.6 Å². The van der Waals surface area contributed by atoms with Crippen molar-refractivity contribution in [2.75, 3.05) is 13.2 Å². The zero-order valence-corrected chi connectivity index (χ0v) is 17.4. The van der Waals surface area contributed by atoms with Gasteiger partial charge in [0.1, 0.15) is 12.2 Å². The number of hydrogen-bond acceptors (Lipinski definition) is 4. The maximum absolute atomic E-state index is 12.7. The second-order valence-electron chi connectivity index (χ2n) is 7.75. The van der Waals surface area contributed by atoms with Crippen LogP contribution in [0.25, 0.3) is 21.9 Å². The minimum absolute atomic E-state index is 0.255. The molecule has 0 spiro atoms. The van der Waals surface area contributed by atoms with Gasteiger partial charge in [-0.1, -0.05) is 35.9 Å². The molecule has 1 fully saturated rings. The largest absolute Gasteiger partial charge is 0.394 e. The molecule has 3 atom stereocenters. The highest BCUT2D eigenvalue weighted by Crippen LogP contribution is 2.28. The molecule has 1 saturated heterocycles. The molecule has 3 aromatic rings. The van der Waals surface area contributed by atoms with E-state index < -0.39 is 18.2 Å². The first-order valence-corrected chi connectivity index (χ1v) is 10.3. The second kappa shape index (κ2) is 8.74. The third-order valence-electron chi connectivity index (χ3n) is 5.53. The lowest BCUT2D eigenvalue weighted by Gasteiger charge is -2.34. The van der Waals surface area contributed by atoms with E-state index in [4.69, 9.17) is 16.3 Å². The maximum atomic E-state index is 12.7. The number of hydrogen-bond donors (Lipinski definition) is 3. The average molecular weight is 426 g/mol. The Morgan fingerprint density at radius 2 is 1.87 bits per heavy atom. The normalized spacial score (nSPS) is 21.5. The SMILES string of the molecule is Cc1cc(Cl)cc(-c2ccc3cc(C(=O)N[C@H]4CCO[C@H](CO)[C@H]4O)ccc3c2)c1. The van der Waals surface area contributed by atoms with Crippen LogP contribution in [-0.4, -0.2) is 47.6 Å². The summed E-state index contributed by atoms with van der Waals surface area (Å²) in [7, 11) is 0. The van der Waals surface area contributed by atoms with Crippen LogP contribution in [-0.2, 0) is 4.74 Å². The molecule has 6 heteroatoms. The summed E-state index contributed by atoms with van der Waals surface area (Å²) in [4.78, 5) is 12.7. The molecule has 4 rings (SSSR count). The van der Waals surface area contributed by atoms with Crippen LogP contribution < -0.4 is 5.32 Å². The number of halogens is 1. The van der Waals surface area contributed by atoms with Crippen LogP contribution in [0.3, 0.4) is 0 Å². The Kier molecular flexibility index (Phi) is 6.06. The van der Waals surface area contributed by atoms with E-state index in [2.05, 4.69) is 17.4 Å². The summed E-state index contributed by atoms with van der Waals surface area (Å²) >= 11 is 6.20. The minimum Gasteiger partial charge on any atom is -0.394 e. The van der Waals surface area contributed by atoms with Crippen LogP contribution in [0, 0.1) is 6.92 Å². The number of aliphatic hydroxyl groups excluding tert-OH is 2. The molecule has 0 radical (unpaired) electrons. The van der Waals surface area contributed by atoms with E-state index in [9.17, 15) is 15.0 Å². The van der Waals surface area contributed by atoms with Gasteiger partial charge in [0.2, 0.25) is 0 Å². The third-order valence-corrected chi connectivity index (χ3v) is 5.75. The molecule has 1 amide bonds. The Labute approximate surface area is 180 Å². The fraction of sp³-hybridized carbons (Fsp3) is 0.292. The van der Waals surface area contributed by atoms with E-state index in [0.717, 1.165) is 27.5 Å². The van der Waals surface area contributed by atoms with Gasteiger partial charge in [-0.3, -0.25) is 4.79 Å². The summed E-state index contributed by atoms with van der Waals surface area (Å²) in [5.74, 6) is -0.255. The summed E-state index contributed by atoms with van der Waals surface area (Å²) in [5, 5.41) is 25.1. The molecule has 1 aliphatic rings. The molecule has 3 aromatic carbocycles. The van der Waals surface area contributed by atoms with Gasteiger partial charge in [-0.15, -0.1) is 0 Å². The molecule has 0 aliphatic carbocycles. The maximum Gasteiger partial charge on any atom is 0.251 e. The molecule has 0 unspecified atom stereocenters. The van der Waals surface area contributed by atoms with Crippen molar-refractivity contribution >= 4 is 28.3 Å². The lowest BCUT2D eigenvalue weighted by Crippen LogP contribution is -2.54. The van der Waals surface area contributed by atoms with E-state index in [-0.39, 0.29) is 12.5 Å². The van der Waals surface area contributed by atoms with Gasteiger partial charge in [-0.25, -0.2) is 0 Å². The summed E-state index contributed by atoms with van der Waals surface area (Å²) in [6.45, 7) is 2.12. The molecule has 0 saturated carbocycles. The number of aliphatic hydroxyl groups is 2. The van der Waals surface area contributed by atoms with Crippen molar-refractivity contribution in [1.82, 2.24) is 5.32 Å². The number of nitrogens with one attached hydrogen (secondary N) is 1. The Balaban J connectivity index is 1.55. The molecule has 0 aromatic heterocycles. The predicted molar refractivity (Wildman–Crippen MR) is 118 cm³/mol. The molecule has 1 aliphatic heterocycles. The Morgan fingerprint density at radius 3 is 2.63 bits per heavy atom. The zero-order valence-electron chi connectivity index (χ0n) is 16.6. The van der Waals surface area contributed by atoms with E-state index in [1.807, 2.05) is 43.3 Å². The van der Waals surface area contributed by atoms with Gasteiger partial charge in [0.25, 0.3) is 5.91 Å². The van der Waals surface area contributed by atoms with Gasteiger partial charge in [0, 0.05) is 17.2 Å². The smallest absolute Gasteiger partial charge is 0.251 e. The lowest BCUT2D eigenvalue weighted by atomic mass is 9.97. The minimum atomic E-state index is -0.933. The monoisotopic (exact) mass is 425 g/mol. The molecule has 3 N–H and O–H groups in total. The van der Waals surface area contributed by atoms with Crippen molar-refractivity contribution in [3.05, 3.63) is 70.7 Å². The standard InChI is InChI=1S/C24H24ClNO4/c1-14-8-19(12-20(25)9-14)17-3-2-16-11-18(5-4-15(16)10-17)24(29)26-21-6-7-30-22(13-27)23(21)28/h2-5,8-12,21-23,27-28H,6-7,13H2,1H3,(H,26,29)/t21-,22+,23-/m0/s1. The van der Waals surface area contributed by atoms with Gasteiger partial charge in [-0.05, 0) is 71.1 Å². The number of ether oxygens (including phenoxy) is 1. The summed E-state index contributed by atoms with van der Waals surface area (Å²) in [5.41, 5.74) is 3.73. The van der Waals surface area contributed by atoms with Crippen LogP contribution >= 0.6 is 11.6 Å². The molecule has 0 bridgehead atoms. The first-order chi connectivity index (χ1) is 14.4. The highest BCUT2D eigenvalue weighted by molar-refractivity contribution is 6.31. The van der Waals surface area contributed by atoms with Gasteiger partial charge in [0.15, 0.2) is 0 Å². The quantitative estimate of drug-likeness (QED) is 0.595. The van der Waals surface area contributed by atoms with Gasteiger partial charge in [-0.2, -0.15) is 0 Å². The molecular weight excluding hydrogens is 402 g/mol. The number of fused-ring (bicyclic) bond motifs is 1. The molecule has 1 heterocycles. The van der Waals surface area contributed by atoms with Crippen LogP contribution in [0.5, 0.6) is 0 Å². The van der Waals surface area contributed by atoms with Crippen molar-refractivity contribution in [3.8, 4) is 11.1 Å². The van der Waals surface area contributed by atoms with Gasteiger partial charge >= 0.3 is 0 Å². The van der Waals surface area contributed by atoms with Gasteiger partial charge < -0.3 is 20.3 Å².